The van der Waals surface area contributed by atoms with E-state index in [0.717, 1.165) is 32.2 Å². The highest BCUT2D eigenvalue weighted by atomic mass is 16.6. The van der Waals surface area contributed by atoms with Gasteiger partial charge in [0.05, 0.1) is 56.8 Å². The molecule has 8 rings (SSSR count). The Bertz CT molecular complexity index is 1170. The Labute approximate surface area is 269 Å². The zero-order valence-corrected chi connectivity index (χ0v) is 26.5. The molecule has 16 nitrogen and oxygen atoms in total. The van der Waals surface area contributed by atoms with Crippen molar-refractivity contribution in [3.8, 4) is 0 Å². The summed E-state index contributed by atoms with van der Waals surface area (Å²) < 4.78 is 18.3. The van der Waals surface area contributed by atoms with E-state index in [0.29, 0.717) is 63.5 Å². The minimum atomic E-state index is -0.562. The summed E-state index contributed by atoms with van der Waals surface area (Å²) in [4.78, 5) is 30.6. The number of nitrogens with one attached hydrogen (secondary N) is 7. The lowest BCUT2D eigenvalue weighted by atomic mass is 9.69. The fourth-order valence-electron chi connectivity index (χ4n) is 9.44. The van der Waals surface area contributed by atoms with E-state index in [2.05, 4.69) is 53.2 Å². The maximum Gasteiger partial charge on any atom is 0.226 e. The molecule has 12 N–H and O–H groups in total. The molecule has 5 saturated heterocycles. The smallest absolute Gasteiger partial charge is 0.226 e. The zero-order chi connectivity index (χ0) is 31.4. The van der Waals surface area contributed by atoms with Gasteiger partial charge in [-0.05, 0) is 37.5 Å². The van der Waals surface area contributed by atoms with Gasteiger partial charge in [-0.2, -0.15) is 0 Å². The first kappa shape index (κ1) is 31.3. The third kappa shape index (κ3) is 5.85. The molecule has 256 valence electrons. The van der Waals surface area contributed by atoms with Crippen LogP contribution in [0.4, 0.5) is 0 Å². The first-order valence-corrected chi connectivity index (χ1v) is 17.4. The molecule has 2 aliphatic carbocycles. The van der Waals surface area contributed by atoms with E-state index < -0.39 is 12.0 Å². The van der Waals surface area contributed by atoms with E-state index in [1.807, 2.05) is 0 Å². The molecule has 6 aliphatic heterocycles. The van der Waals surface area contributed by atoms with Crippen molar-refractivity contribution in [3.63, 3.8) is 0 Å². The van der Waals surface area contributed by atoms with Crippen molar-refractivity contribution in [1.82, 2.24) is 47.5 Å². The van der Waals surface area contributed by atoms with Crippen LogP contribution >= 0.6 is 0 Å². The predicted octanol–water partition coefficient (Wildman–Crippen LogP) is -4.25. The van der Waals surface area contributed by atoms with Crippen LogP contribution in [0.2, 0.25) is 0 Å². The van der Waals surface area contributed by atoms with Gasteiger partial charge in [0.15, 0.2) is 17.8 Å². The molecule has 46 heavy (non-hydrogen) atoms. The summed E-state index contributed by atoms with van der Waals surface area (Å²) in [5, 5.41) is 11.5. The van der Waals surface area contributed by atoms with E-state index >= 15 is 0 Å². The first-order chi connectivity index (χ1) is 22.4. The van der Waals surface area contributed by atoms with E-state index in [-0.39, 0.29) is 60.3 Å². The molecule has 0 aromatic rings. The minimum Gasteiger partial charge on any atom is -0.472 e. The minimum absolute atomic E-state index is 0.00763. The number of fused-ring (bicyclic) bond motifs is 3. The highest BCUT2D eigenvalue weighted by Crippen LogP contribution is 2.43. The lowest BCUT2D eigenvalue weighted by molar-refractivity contribution is -0.431. The Hall–Kier alpha value is -1.96. The van der Waals surface area contributed by atoms with Crippen LogP contribution in [-0.4, -0.2) is 123 Å². The van der Waals surface area contributed by atoms with Gasteiger partial charge < -0.3 is 30.6 Å². The third-order valence-corrected chi connectivity index (χ3v) is 11.9. The van der Waals surface area contributed by atoms with E-state index in [1.165, 1.54) is 12.8 Å². The quantitative estimate of drug-likeness (QED) is 0.129. The highest BCUT2D eigenvalue weighted by molar-refractivity contribution is 5.95. The fraction of sp³-hybridized carbons (Fsp3) is 0.867. The van der Waals surface area contributed by atoms with Crippen molar-refractivity contribution >= 4 is 11.7 Å². The van der Waals surface area contributed by atoms with Gasteiger partial charge in [-0.25, -0.2) is 15.8 Å². The summed E-state index contributed by atoms with van der Waals surface area (Å²) in [7, 11) is 0. The number of ether oxygens (including phenoxy) is 3. The van der Waals surface area contributed by atoms with Gasteiger partial charge in [-0.15, -0.1) is 0 Å². The molecular weight excluding hydrogens is 594 g/mol. The van der Waals surface area contributed by atoms with Crippen LogP contribution in [0.15, 0.2) is 12.0 Å². The van der Waals surface area contributed by atoms with E-state index in [9.17, 15) is 9.59 Å². The molecule has 0 bridgehead atoms. The second-order valence-electron chi connectivity index (χ2n) is 14.5. The molecule has 13 atom stereocenters. The molecule has 0 aromatic carbocycles. The third-order valence-electron chi connectivity index (χ3n) is 11.9. The fourth-order valence-corrected chi connectivity index (χ4v) is 9.44. The van der Waals surface area contributed by atoms with Crippen LogP contribution in [0.3, 0.4) is 0 Å². The Morgan fingerprint density at radius 2 is 1.89 bits per heavy atom. The molecule has 6 heterocycles. The van der Waals surface area contributed by atoms with Crippen molar-refractivity contribution in [2.45, 2.75) is 93.5 Å². The van der Waals surface area contributed by atoms with Crippen molar-refractivity contribution in [2.75, 3.05) is 46.1 Å². The first-order valence-electron chi connectivity index (χ1n) is 17.4. The summed E-state index contributed by atoms with van der Waals surface area (Å²) in [6.07, 6.45) is 6.44. The van der Waals surface area contributed by atoms with Gasteiger partial charge in [-0.3, -0.25) is 36.4 Å². The van der Waals surface area contributed by atoms with E-state index in [4.69, 9.17) is 19.9 Å². The van der Waals surface area contributed by atoms with Crippen molar-refractivity contribution in [3.05, 3.63) is 12.0 Å². The summed E-state index contributed by atoms with van der Waals surface area (Å²) in [5.41, 5.74) is 24.1. The Morgan fingerprint density at radius 1 is 1.04 bits per heavy atom. The molecular formula is C30H52N11O5+. The molecule has 0 radical (unpaired) electrons. The molecule has 0 aromatic heterocycles. The molecule has 1 amide bonds. The lowest BCUT2D eigenvalue weighted by Gasteiger charge is -2.50. The second-order valence-corrected chi connectivity index (χ2v) is 14.5. The zero-order valence-electron chi connectivity index (χ0n) is 26.5. The van der Waals surface area contributed by atoms with Gasteiger partial charge in [0.1, 0.15) is 12.4 Å². The normalized spacial score (nSPS) is 46.3. The van der Waals surface area contributed by atoms with Gasteiger partial charge in [-0.1, -0.05) is 6.42 Å². The number of hydrogen-bond donors (Lipinski definition) is 9. The average molecular weight is 647 g/mol. The molecule has 2 saturated carbocycles. The molecule has 8 aliphatic rings. The van der Waals surface area contributed by atoms with Crippen LogP contribution in [-0.2, 0) is 23.8 Å². The summed E-state index contributed by atoms with van der Waals surface area (Å²) in [6, 6.07) is 0.871. The monoisotopic (exact) mass is 646 g/mol. The number of quaternary nitrogens is 1. The predicted molar refractivity (Wildman–Crippen MR) is 164 cm³/mol. The number of primary amides is 1. The Balaban J connectivity index is 1.01. The average Bonchev–Trinajstić information content (AvgIpc) is 3.83. The molecule has 0 spiro atoms. The Morgan fingerprint density at radius 3 is 2.72 bits per heavy atom. The van der Waals surface area contributed by atoms with Gasteiger partial charge in [0.25, 0.3) is 0 Å². The summed E-state index contributed by atoms with van der Waals surface area (Å²) >= 11 is 0. The number of rotatable bonds is 7. The number of hydrogen-bond acceptors (Lipinski definition) is 14. The van der Waals surface area contributed by atoms with Crippen LogP contribution < -0.4 is 49.1 Å². The summed E-state index contributed by atoms with van der Waals surface area (Å²) in [5.74, 6) is 0.513. The van der Waals surface area contributed by atoms with Gasteiger partial charge in [0, 0.05) is 50.1 Å². The van der Waals surface area contributed by atoms with E-state index in [1.54, 1.807) is 6.08 Å². The van der Waals surface area contributed by atoms with Gasteiger partial charge >= 0.3 is 0 Å². The molecule has 16 heteroatoms. The number of carbonyl (C=O) groups is 2. The number of nitrogens with zero attached hydrogens (tertiary/aromatic N) is 2. The largest absolute Gasteiger partial charge is 0.472 e. The maximum absolute atomic E-state index is 13.2. The summed E-state index contributed by atoms with van der Waals surface area (Å²) in [6.45, 7) is 4.62. The topological polar surface area (TPSA) is 206 Å². The van der Waals surface area contributed by atoms with Crippen molar-refractivity contribution < 1.29 is 29.5 Å². The van der Waals surface area contributed by atoms with Crippen LogP contribution in [0.5, 0.6) is 0 Å². The van der Waals surface area contributed by atoms with Crippen molar-refractivity contribution in [2.24, 2.45) is 29.4 Å². The number of nitrogens with two attached hydrogens (primary N) is 1. The highest BCUT2D eigenvalue weighted by Gasteiger charge is 2.54. The number of carbonyl (C=O) groups excluding carboxylic acids is 2. The number of amides is 1. The van der Waals surface area contributed by atoms with Crippen LogP contribution in [0.25, 0.3) is 0 Å². The maximum atomic E-state index is 13.2. The Kier molecular flexibility index (Phi) is 8.96. The van der Waals surface area contributed by atoms with Crippen LogP contribution in [0.1, 0.15) is 38.5 Å². The SMILES string of the molecule is NC(=O)C1C(NC2CC(C3COC4C(=O)C=C(N5CCOCC5)OC43)CC3CNNC32)NC(N[C@H]2CCCC[C@H]2[NH3+])N2CNNC12. The standard InChI is InChI=1S/C30H51N11O5/c31-18-3-1-2-4-19(18)36-30-37-28(23(27(32)43)29-39-34-14-41(29)30)35-20-10-15(9-16-12-33-38-24(16)20)17-13-45-26-21(42)11-22(46-25(17)26)40-5-7-44-8-6-40/h11,15-20,23-26,28-30,33-39H,1-10,12-14,31H2,(H2,32,43)/p+1/t15?,16?,17?,18-,19+,20?,23?,24?,25?,26?,28?,29?,30?/m1/s1. The second kappa shape index (κ2) is 13.2. The lowest BCUT2D eigenvalue weighted by Crippen LogP contribution is -2.79. The molecule has 11 unspecified atom stereocenters. The number of hydrazine groups is 2. The molecule has 7 fully saturated rings. The van der Waals surface area contributed by atoms with Crippen LogP contribution in [0, 0.1) is 23.7 Å². The number of morpholine rings is 1. The van der Waals surface area contributed by atoms with Crippen molar-refractivity contribution in [1.29, 1.82) is 0 Å². The number of ketones is 1. The van der Waals surface area contributed by atoms with Gasteiger partial charge in [0.2, 0.25) is 5.91 Å².